The van der Waals surface area contributed by atoms with E-state index < -0.39 is 10.0 Å². The summed E-state index contributed by atoms with van der Waals surface area (Å²) < 4.78 is 26.6. The van der Waals surface area contributed by atoms with Gasteiger partial charge in [0.15, 0.2) is 0 Å². The molecule has 0 aliphatic rings. The van der Waals surface area contributed by atoms with Crippen molar-refractivity contribution in [2.75, 3.05) is 5.32 Å². The number of nitrogens with zero attached hydrogens (tertiary/aromatic N) is 2. The minimum absolute atomic E-state index is 0.0805. The van der Waals surface area contributed by atoms with E-state index in [1.807, 2.05) is 25.1 Å². The first kappa shape index (κ1) is 18.2. The Hall–Kier alpha value is -2.63. The normalized spacial score (nSPS) is 11.6. The predicted octanol–water partition coefficient (Wildman–Crippen LogP) is 1.12. The van der Waals surface area contributed by atoms with Crippen molar-refractivity contribution >= 4 is 43.3 Å². The van der Waals surface area contributed by atoms with Gasteiger partial charge in [0.25, 0.3) is 15.6 Å². The lowest BCUT2D eigenvalue weighted by atomic mass is 10.1. The van der Waals surface area contributed by atoms with E-state index in [1.54, 1.807) is 6.07 Å². The summed E-state index contributed by atoms with van der Waals surface area (Å²) in [6.07, 6.45) is 0. The van der Waals surface area contributed by atoms with Crippen molar-refractivity contribution < 1.29 is 13.2 Å². The van der Waals surface area contributed by atoms with E-state index >= 15 is 0 Å². The third-order valence-electron chi connectivity index (χ3n) is 3.54. The number of aromatic nitrogens is 3. The van der Waals surface area contributed by atoms with Gasteiger partial charge in [0.2, 0.25) is 15.4 Å². The third kappa shape index (κ3) is 3.79. The number of sulfonamides is 1. The van der Waals surface area contributed by atoms with Crippen LogP contribution in [0.1, 0.15) is 18.1 Å². The van der Waals surface area contributed by atoms with Gasteiger partial charge < -0.3 is 10.3 Å². The van der Waals surface area contributed by atoms with E-state index in [-0.39, 0.29) is 33.0 Å². The van der Waals surface area contributed by atoms with Crippen molar-refractivity contribution in [3.8, 4) is 0 Å². The highest BCUT2D eigenvalue weighted by molar-refractivity contribution is 7.91. The van der Waals surface area contributed by atoms with E-state index in [0.29, 0.717) is 5.52 Å². The summed E-state index contributed by atoms with van der Waals surface area (Å²) in [5, 5.41) is 10.4. The number of H-pyrrole nitrogens is 1. The van der Waals surface area contributed by atoms with Crippen LogP contribution in [0.5, 0.6) is 0 Å². The number of hydrogen-bond acceptors (Lipinski definition) is 7. The van der Waals surface area contributed by atoms with Crippen LogP contribution in [0.4, 0.5) is 5.13 Å². The molecule has 0 spiro atoms. The maximum absolute atomic E-state index is 12.3. The molecule has 0 saturated carbocycles. The number of amides is 1. The Morgan fingerprint density at radius 2 is 2.08 bits per heavy atom. The smallest absolute Gasteiger partial charge is 0.270 e. The Morgan fingerprint density at radius 1 is 1.31 bits per heavy atom. The van der Waals surface area contributed by atoms with Crippen molar-refractivity contribution in [1.29, 1.82) is 0 Å². The number of hydrogen-bond donors (Lipinski definition) is 3. The first-order valence-corrected chi connectivity index (χ1v) is 9.78. The Balaban J connectivity index is 1.82. The minimum atomic E-state index is -3.96. The molecule has 2 aromatic heterocycles. The van der Waals surface area contributed by atoms with Crippen LogP contribution in [0, 0.1) is 6.92 Å². The topological polar surface area (TPSA) is 134 Å². The molecule has 0 radical (unpaired) electrons. The van der Waals surface area contributed by atoms with Gasteiger partial charge in [0, 0.05) is 19.0 Å². The number of carbonyl (C=O) groups is 1. The second-order valence-corrected chi connectivity index (χ2v) is 8.46. The van der Waals surface area contributed by atoms with E-state index in [2.05, 4.69) is 25.2 Å². The van der Waals surface area contributed by atoms with Gasteiger partial charge in [-0.2, -0.15) is 0 Å². The number of anilines is 1. The fraction of sp³-hybridized carbons (Fsp3) is 0.200. The van der Waals surface area contributed by atoms with Gasteiger partial charge >= 0.3 is 0 Å². The summed E-state index contributed by atoms with van der Waals surface area (Å²) in [4.78, 5) is 25.9. The lowest BCUT2D eigenvalue weighted by Crippen LogP contribution is -2.27. The molecule has 0 aliphatic carbocycles. The van der Waals surface area contributed by atoms with E-state index in [9.17, 15) is 18.0 Å². The summed E-state index contributed by atoms with van der Waals surface area (Å²) in [6.45, 7) is 2.96. The highest BCUT2D eigenvalue weighted by Crippen LogP contribution is 2.20. The molecule has 0 fully saturated rings. The fourth-order valence-corrected chi connectivity index (χ4v) is 4.31. The molecule has 1 amide bonds. The van der Waals surface area contributed by atoms with Gasteiger partial charge in [0.1, 0.15) is 0 Å². The average Bonchev–Trinajstić information content (AvgIpc) is 3.02. The first-order valence-electron chi connectivity index (χ1n) is 7.48. The molecule has 26 heavy (non-hydrogen) atoms. The van der Waals surface area contributed by atoms with Crippen molar-refractivity contribution in [3.05, 3.63) is 45.7 Å². The average molecular weight is 393 g/mol. The predicted molar refractivity (Wildman–Crippen MR) is 97.5 cm³/mol. The summed E-state index contributed by atoms with van der Waals surface area (Å²) in [5.74, 6) is -0.379. The van der Waals surface area contributed by atoms with Crippen molar-refractivity contribution in [1.82, 2.24) is 19.9 Å². The maximum atomic E-state index is 12.3. The highest BCUT2D eigenvalue weighted by Gasteiger charge is 2.21. The van der Waals surface area contributed by atoms with Crippen LogP contribution in [0.2, 0.25) is 0 Å². The molecule has 9 nitrogen and oxygen atoms in total. The van der Waals surface area contributed by atoms with Crippen LogP contribution in [0.25, 0.3) is 10.9 Å². The minimum Gasteiger partial charge on any atom is -0.321 e. The number of rotatable bonds is 5. The molecule has 136 valence electrons. The summed E-state index contributed by atoms with van der Waals surface area (Å²) in [7, 11) is -3.96. The van der Waals surface area contributed by atoms with Gasteiger partial charge in [-0.25, -0.2) is 13.1 Å². The number of fused-ring (bicyclic) bond motifs is 1. The van der Waals surface area contributed by atoms with E-state index in [1.165, 1.54) is 6.92 Å². The van der Waals surface area contributed by atoms with Crippen LogP contribution in [0.3, 0.4) is 0 Å². The lowest BCUT2D eigenvalue weighted by Gasteiger charge is -2.06. The van der Waals surface area contributed by atoms with Crippen LogP contribution in [-0.2, 0) is 21.4 Å². The standard InChI is InChI=1S/C15H15N5O4S2/c1-8-4-3-5-10-6-11(13(22)18-12(8)10)7-16-26(23,24)15-20-19-14(25-15)17-9(2)21/h3-6,16H,7H2,1-2H3,(H,18,22)(H,17,19,21). The third-order valence-corrected chi connectivity index (χ3v) is 6.14. The molecule has 0 bridgehead atoms. The molecule has 0 saturated heterocycles. The molecule has 0 unspecified atom stereocenters. The second kappa shape index (κ2) is 6.94. The molecular weight excluding hydrogens is 378 g/mol. The van der Waals surface area contributed by atoms with E-state index in [0.717, 1.165) is 22.3 Å². The Morgan fingerprint density at radius 3 is 2.81 bits per heavy atom. The number of aromatic amines is 1. The van der Waals surface area contributed by atoms with Gasteiger partial charge in [-0.1, -0.05) is 29.5 Å². The number of para-hydroxylation sites is 1. The molecule has 3 N–H and O–H groups in total. The Bertz CT molecular complexity index is 1150. The molecule has 0 aliphatic heterocycles. The molecule has 3 aromatic rings. The van der Waals surface area contributed by atoms with Crippen LogP contribution in [-0.4, -0.2) is 29.5 Å². The fourth-order valence-electron chi connectivity index (χ4n) is 2.31. The second-order valence-electron chi connectivity index (χ2n) is 5.54. The Labute approximate surface area is 152 Å². The maximum Gasteiger partial charge on any atom is 0.270 e. The van der Waals surface area contributed by atoms with Gasteiger partial charge in [-0.3, -0.25) is 9.59 Å². The zero-order valence-corrected chi connectivity index (χ0v) is 15.5. The van der Waals surface area contributed by atoms with Crippen LogP contribution in [0.15, 0.2) is 33.4 Å². The molecular formula is C15H15N5O4S2. The largest absolute Gasteiger partial charge is 0.321 e. The molecule has 2 heterocycles. The number of carbonyl (C=O) groups excluding carboxylic acids is 1. The summed E-state index contributed by atoms with van der Waals surface area (Å²) >= 11 is 0.721. The van der Waals surface area contributed by atoms with Crippen molar-refractivity contribution in [2.24, 2.45) is 0 Å². The zero-order valence-electron chi connectivity index (χ0n) is 13.9. The summed E-state index contributed by atoms with van der Waals surface area (Å²) in [6, 6.07) is 7.21. The first-order chi connectivity index (χ1) is 12.3. The molecule has 3 rings (SSSR count). The SMILES string of the molecule is CC(=O)Nc1nnc(S(=O)(=O)NCc2cc3cccc(C)c3[nH]c2=O)s1. The molecule has 0 atom stereocenters. The quantitative estimate of drug-likeness (QED) is 0.556. The van der Waals surface area contributed by atoms with Crippen LogP contribution >= 0.6 is 11.3 Å². The van der Waals surface area contributed by atoms with E-state index in [4.69, 9.17) is 0 Å². The molecule has 11 heteroatoms. The zero-order chi connectivity index (χ0) is 18.9. The van der Waals surface area contributed by atoms with Crippen molar-refractivity contribution in [2.45, 2.75) is 24.7 Å². The number of aryl methyl sites for hydroxylation is 1. The van der Waals surface area contributed by atoms with Crippen molar-refractivity contribution in [3.63, 3.8) is 0 Å². The number of nitrogens with one attached hydrogen (secondary N) is 3. The monoisotopic (exact) mass is 393 g/mol. The Kier molecular flexibility index (Phi) is 4.85. The molecule has 1 aromatic carbocycles. The number of benzene rings is 1. The van der Waals surface area contributed by atoms with Gasteiger partial charge in [-0.05, 0) is 23.9 Å². The van der Waals surface area contributed by atoms with Crippen LogP contribution < -0.4 is 15.6 Å². The summed E-state index contributed by atoms with van der Waals surface area (Å²) in [5.41, 5.74) is 1.54. The van der Waals surface area contributed by atoms with Gasteiger partial charge in [0.05, 0.1) is 5.52 Å². The highest BCUT2D eigenvalue weighted by atomic mass is 32.2. The number of pyridine rings is 1. The lowest BCUT2D eigenvalue weighted by molar-refractivity contribution is -0.114. The van der Waals surface area contributed by atoms with Gasteiger partial charge in [-0.15, -0.1) is 10.2 Å².